The van der Waals surface area contributed by atoms with Crippen LogP contribution in [-0.2, 0) is 0 Å². The first kappa shape index (κ1) is 12.9. The molecule has 2 nitrogen and oxygen atoms in total. The Kier molecular flexibility index (Phi) is 3.11. The van der Waals surface area contributed by atoms with Crippen molar-refractivity contribution in [2.24, 2.45) is 0 Å². The van der Waals surface area contributed by atoms with E-state index >= 15 is 0 Å². The van der Waals surface area contributed by atoms with Gasteiger partial charge in [-0.3, -0.25) is 4.79 Å². The fourth-order valence-corrected chi connectivity index (χ4v) is 2.52. The summed E-state index contributed by atoms with van der Waals surface area (Å²) < 4.78 is 5.69. The molecule has 3 rings (SSSR count). The summed E-state index contributed by atoms with van der Waals surface area (Å²) in [7, 11) is 0. The van der Waals surface area contributed by atoms with E-state index in [1.54, 1.807) is 6.08 Å². The van der Waals surface area contributed by atoms with Crippen LogP contribution in [0.2, 0.25) is 5.02 Å². The third-order valence-corrected chi connectivity index (χ3v) is 3.99. The van der Waals surface area contributed by atoms with Crippen LogP contribution >= 0.6 is 11.6 Å². The number of benzene rings is 2. The highest BCUT2D eigenvalue weighted by molar-refractivity contribution is 6.33. The highest BCUT2D eigenvalue weighted by atomic mass is 35.5. The van der Waals surface area contributed by atoms with Gasteiger partial charge in [-0.25, -0.2) is 0 Å². The molecule has 0 aliphatic carbocycles. The normalized spacial score (nSPS) is 15.3. The number of carbonyl (C=O) groups is 1. The molecule has 2 aromatic carbocycles. The maximum Gasteiger partial charge on any atom is 0.232 e. The molecule has 1 heterocycles. The molecule has 1 aliphatic rings. The lowest BCUT2D eigenvalue weighted by Crippen LogP contribution is -2.00. The van der Waals surface area contributed by atoms with Crippen molar-refractivity contribution in [2.75, 3.05) is 0 Å². The minimum absolute atomic E-state index is 0.108. The lowest BCUT2D eigenvalue weighted by atomic mass is 10.0. The largest absolute Gasteiger partial charge is 0.452 e. The van der Waals surface area contributed by atoms with Gasteiger partial charge in [-0.2, -0.15) is 0 Å². The van der Waals surface area contributed by atoms with E-state index in [4.69, 9.17) is 16.3 Å². The number of carbonyl (C=O) groups excluding carboxylic acids is 1. The second kappa shape index (κ2) is 4.80. The average molecular weight is 285 g/mol. The summed E-state index contributed by atoms with van der Waals surface area (Å²) in [5, 5.41) is 0.627. The van der Waals surface area contributed by atoms with Crippen LogP contribution in [0.5, 0.6) is 5.75 Å². The number of allylic oxidation sites excluding steroid dienone is 1. The first-order chi connectivity index (χ1) is 9.58. The maximum absolute atomic E-state index is 12.4. The van der Waals surface area contributed by atoms with Gasteiger partial charge in [0.25, 0.3) is 0 Å². The molecule has 0 amide bonds. The van der Waals surface area contributed by atoms with Crippen molar-refractivity contribution in [1.29, 1.82) is 0 Å². The van der Waals surface area contributed by atoms with Gasteiger partial charge in [0, 0.05) is 5.02 Å². The molecule has 0 atom stereocenters. The van der Waals surface area contributed by atoms with Crippen LogP contribution < -0.4 is 4.74 Å². The van der Waals surface area contributed by atoms with E-state index in [1.807, 2.05) is 50.2 Å². The number of ether oxygens (including phenoxy) is 1. The molecule has 0 radical (unpaired) electrons. The summed E-state index contributed by atoms with van der Waals surface area (Å²) in [6, 6.07) is 11.4. The second-order valence-corrected chi connectivity index (χ2v) is 5.23. The van der Waals surface area contributed by atoms with Gasteiger partial charge in [0.15, 0.2) is 5.76 Å². The number of fused-ring (bicyclic) bond motifs is 1. The number of halogens is 1. The van der Waals surface area contributed by atoms with Crippen LogP contribution in [0.3, 0.4) is 0 Å². The van der Waals surface area contributed by atoms with E-state index in [1.165, 1.54) is 0 Å². The number of ketones is 1. The lowest BCUT2D eigenvalue weighted by molar-refractivity contribution is 0.101. The highest BCUT2D eigenvalue weighted by Crippen LogP contribution is 2.38. The van der Waals surface area contributed by atoms with Crippen molar-refractivity contribution in [3.05, 3.63) is 69.4 Å². The van der Waals surface area contributed by atoms with Gasteiger partial charge >= 0.3 is 0 Å². The molecule has 0 spiro atoms. The van der Waals surface area contributed by atoms with Crippen molar-refractivity contribution in [3.8, 4) is 5.75 Å². The summed E-state index contributed by atoms with van der Waals surface area (Å²) >= 11 is 6.21. The van der Waals surface area contributed by atoms with Crippen molar-refractivity contribution in [3.63, 3.8) is 0 Å². The van der Waals surface area contributed by atoms with E-state index in [0.717, 1.165) is 16.7 Å². The average Bonchev–Trinajstić information content (AvgIpc) is 2.74. The standard InChI is InChI=1S/C17H13ClO2/c1-10-8-13-15(11(2)16(10)18)17(19)14(20-13)9-12-6-4-3-5-7-12/h3-9H,1-2H3/b14-9-. The van der Waals surface area contributed by atoms with E-state index in [2.05, 4.69) is 0 Å². The predicted octanol–water partition coefficient (Wildman–Crippen LogP) is 4.57. The van der Waals surface area contributed by atoms with E-state index < -0.39 is 0 Å². The Labute approximate surface area is 122 Å². The van der Waals surface area contributed by atoms with Crippen LogP contribution in [0, 0.1) is 13.8 Å². The van der Waals surface area contributed by atoms with Gasteiger partial charge in [0.1, 0.15) is 5.75 Å². The SMILES string of the molecule is Cc1cc2c(c(C)c1Cl)C(=O)/C(=C/c1ccccc1)O2. The molecule has 0 aromatic heterocycles. The fourth-order valence-electron chi connectivity index (χ4n) is 2.37. The molecule has 0 saturated heterocycles. The summed E-state index contributed by atoms with van der Waals surface area (Å²) in [5.74, 6) is 0.829. The van der Waals surface area contributed by atoms with Crippen LogP contribution in [-0.4, -0.2) is 5.78 Å². The fraction of sp³-hybridized carbons (Fsp3) is 0.118. The molecule has 0 bridgehead atoms. The van der Waals surface area contributed by atoms with Crippen LogP contribution in [0.1, 0.15) is 27.0 Å². The number of rotatable bonds is 1. The third-order valence-electron chi connectivity index (χ3n) is 3.41. The van der Waals surface area contributed by atoms with Crippen molar-refractivity contribution >= 4 is 23.5 Å². The molecular formula is C17H13ClO2. The molecule has 1 aliphatic heterocycles. The summed E-state index contributed by atoms with van der Waals surface area (Å²) in [4.78, 5) is 12.4. The zero-order chi connectivity index (χ0) is 14.3. The minimum atomic E-state index is -0.108. The minimum Gasteiger partial charge on any atom is -0.452 e. The molecular weight excluding hydrogens is 272 g/mol. The predicted molar refractivity (Wildman–Crippen MR) is 80.3 cm³/mol. The summed E-state index contributed by atoms with van der Waals surface area (Å²) in [6.45, 7) is 3.75. The van der Waals surface area contributed by atoms with Crippen molar-refractivity contribution < 1.29 is 9.53 Å². The Morgan fingerprint density at radius 2 is 1.85 bits per heavy atom. The zero-order valence-corrected chi connectivity index (χ0v) is 12.0. The Morgan fingerprint density at radius 3 is 2.55 bits per heavy atom. The number of hydrogen-bond acceptors (Lipinski definition) is 2. The second-order valence-electron chi connectivity index (χ2n) is 4.86. The van der Waals surface area contributed by atoms with Gasteiger partial charge in [-0.05, 0) is 42.7 Å². The molecule has 0 saturated carbocycles. The van der Waals surface area contributed by atoms with E-state index in [-0.39, 0.29) is 5.78 Å². The van der Waals surface area contributed by atoms with Gasteiger partial charge < -0.3 is 4.74 Å². The smallest absolute Gasteiger partial charge is 0.232 e. The quantitative estimate of drug-likeness (QED) is 0.717. The molecule has 20 heavy (non-hydrogen) atoms. The number of Topliss-reactive ketones (excluding diaryl/α,β-unsaturated/α-hetero) is 1. The Hall–Kier alpha value is -2.06. The maximum atomic E-state index is 12.4. The first-order valence-electron chi connectivity index (χ1n) is 6.37. The van der Waals surface area contributed by atoms with Gasteiger partial charge in [0.05, 0.1) is 5.56 Å². The number of aryl methyl sites for hydroxylation is 1. The van der Waals surface area contributed by atoms with Crippen LogP contribution in [0.25, 0.3) is 6.08 Å². The topological polar surface area (TPSA) is 26.3 Å². The monoisotopic (exact) mass is 284 g/mol. The molecule has 2 aromatic rings. The Bertz CT molecular complexity index is 730. The molecule has 0 unspecified atom stereocenters. The lowest BCUT2D eigenvalue weighted by Gasteiger charge is -2.05. The molecule has 0 N–H and O–H groups in total. The van der Waals surface area contributed by atoms with E-state index in [0.29, 0.717) is 22.1 Å². The molecule has 100 valence electrons. The van der Waals surface area contributed by atoms with Crippen molar-refractivity contribution in [1.82, 2.24) is 0 Å². The van der Waals surface area contributed by atoms with Crippen LogP contribution in [0.15, 0.2) is 42.2 Å². The zero-order valence-electron chi connectivity index (χ0n) is 11.2. The summed E-state index contributed by atoms with van der Waals surface area (Å²) in [5.41, 5.74) is 3.20. The first-order valence-corrected chi connectivity index (χ1v) is 6.74. The molecule has 3 heteroatoms. The van der Waals surface area contributed by atoms with Gasteiger partial charge in [-0.15, -0.1) is 0 Å². The molecule has 0 fully saturated rings. The van der Waals surface area contributed by atoms with Gasteiger partial charge in [0.2, 0.25) is 5.78 Å². The Morgan fingerprint density at radius 1 is 1.15 bits per heavy atom. The highest BCUT2D eigenvalue weighted by Gasteiger charge is 2.30. The van der Waals surface area contributed by atoms with Crippen LogP contribution in [0.4, 0.5) is 0 Å². The van der Waals surface area contributed by atoms with E-state index in [9.17, 15) is 4.79 Å². The summed E-state index contributed by atoms with van der Waals surface area (Å²) in [6.07, 6.45) is 1.75. The Balaban J connectivity index is 2.08. The third kappa shape index (κ3) is 2.02. The van der Waals surface area contributed by atoms with Gasteiger partial charge in [-0.1, -0.05) is 41.9 Å². The number of hydrogen-bond donors (Lipinski definition) is 0. The van der Waals surface area contributed by atoms with Crippen molar-refractivity contribution in [2.45, 2.75) is 13.8 Å².